The molecule has 0 saturated carbocycles. The molecule has 106 valence electrons. The molecule has 1 aromatic heterocycles. The lowest BCUT2D eigenvalue weighted by Crippen LogP contribution is -2.49. The van der Waals surface area contributed by atoms with Gasteiger partial charge in [0.2, 0.25) is 0 Å². The van der Waals surface area contributed by atoms with Crippen LogP contribution in [0.1, 0.15) is 37.4 Å². The zero-order valence-corrected chi connectivity index (χ0v) is 13.6. The highest BCUT2D eigenvalue weighted by atomic mass is 35.5. The summed E-state index contributed by atoms with van der Waals surface area (Å²) in [6.45, 7) is 11.0. The first-order valence-electron chi connectivity index (χ1n) is 6.06. The van der Waals surface area contributed by atoms with E-state index in [-0.39, 0.29) is 24.8 Å². The monoisotopic (exact) mass is 311 g/mol. The maximum Gasteiger partial charge on any atom is 0.0954 e. The zero-order chi connectivity index (χ0) is 11.5. The van der Waals surface area contributed by atoms with Crippen molar-refractivity contribution >= 4 is 36.2 Å². The molecule has 1 aliphatic heterocycles. The van der Waals surface area contributed by atoms with Crippen molar-refractivity contribution < 1.29 is 0 Å². The third-order valence-electron chi connectivity index (χ3n) is 3.07. The van der Waals surface area contributed by atoms with E-state index in [2.05, 4.69) is 36.4 Å². The van der Waals surface area contributed by atoms with Crippen LogP contribution < -0.4 is 5.32 Å². The fraction of sp³-hybridized carbons (Fsp3) is 0.750. The number of halogens is 2. The second-order valence-corrected chi connectivity index (χ2v) is 5.75. The molecule has 1 aromatic rings. The summed E-state index contributed by atoms with van der Waals surface area (Å²) in [6, 6.07) is 0.623. The summed E-state index contributed by atoms with van der Waals surface area (Å²) in [7, 11) is 0. The Hall–Kier alpha value is 0.130. The zero-order valence-electron chi connectivity index (χ0n) is 11.2. The molecule has 2 rings (SSSR count). The molecule has 18 heavy (non-hydrogen) atoms. The number of aromatic nitrogens is 1. The van der Waals surface area contributed by atoms with Gasteiger partial charge in [-0.1, -0.05) is 13.8 Å². The molecular formula is C12H23Cl2N3S. The van der Waals surface area contributed by atoms with Crippen LogP contribution in [0.4, 0.5) is 0 Å². The van der Waals surface area contributed by atoms with Crippen molar-refractivity contribution in [3.63, 3.8) is 0 Å². The molecule has 0 bridgehead atoms. The smallest absolute Gasteiger partial charge is 0.0954 e. The van der Waals surface area contributed by atoms with E-state index in [1.54, 1.807) is 11.3 Å². The van der Waals surface area contributed by atoms with Gasteiger partial charge in [-0.2, -0.15) is 0 Å². The van der Waals surface area contributed by atoms with Crippen LogP contribution in [0, 0.1) is 0 Å². The molecule has 0 radical (unpaired) electrons. The van der Waals surface area contributed by atoms with Crippen molar-refractivity contribution in [3.8, 4) is 0 Å². The van der Waals surface area contributed by atoms with Crippen molar-refractivity contribution in [1.82, 2.24) is 15.2 Å². The number of rotatable bonds is 3. The van der Waals surface area contributed by atoms with Gasteiger partial charge in [0.15, 0.2) is 0 Å². The van der Waals surface area contributed by atoms with Gasteiger partial charge in [0.05, 0.1) is 10.7 Å². The molecule has 0 aromatic carbocycles. The normalized spacial score (nSPS) is 20.3. The van der Waals surface area contributed by atoms with E-state index in [1.165, 1.54) is 10.7 Å². The Bertz CT molecular complexity index is 344. The van der Waals surface area contributed by atoms with Crippen LogP contribution in [0.25, 0.3) is 0 Å². The van der Waals surface area contributed by atoms with E-state index < -0.39 is 0 Å². The van der Waals surface area contributed by atoms with E-state index in [0.29, 0.717) is 12.0 Å². The highest BCUT2D eigenvalue weighted by molar-refractivity contribution is 7.09. The van der Waals surface area contributed by atoms with Gasteiger partial charge < -0.3 is 5.32 Å². The van der Waals surface area contributed by atoms with Crippen molar-refractivity contribution in [1.29, 1.82) is 0 Å². The SMILES string of the molecule is CC(C)c1nc(CN2CCNC[C@H]2C)cs1.Cl.Cl. The molecule has 1 aliphatic rings. The fourth-order valence-electron chi connectivity index (χ4n) is 1.99. The van der Waals surface area contributed by atoms with E-state index in [0.717, 1.165) is 26.2 Å². The number of nitrogens with zero attached hydrogens (tertiary/aromatic N) is 2. The summed E-state index contributed by atoms with van der Waals surface area (Å²) in [5.41, 5.74) is 1.24. The summed E-state index contributed by atoms with van der Waals surface area (Å²) in [5, 5.41) is 6.89. The van der Waals surface area contributed by atoms with Gasteiger partial charge in [-0.25, -0.2) is 4.98 Å². The van der Waals surface area contributed by atoms with Crippen molar-refractivity contribution in [2.24, 2.45) is 0 Å². The Morgan fingerprint density at radius 3 is 2.78 bits per heavy atom. The third-order valence-corrected chi connectivity index (χ3v) is 4.26. The largest absolute Gasteiger partial charge is 0.314 e. The van der Waals surface area contributed by atoms with Gasteiger partial charge in [0.25, 0.3) is 0 Å². The number of piperazine rings is 1. The first-order chi connectivity index (χ1) is 7.66. The Kier molecular flexibility index (Phi) is 8.39. The standard InChI is InChI=1S/C12H21N3S.2ClH/c1-9(2)12-14-11(8-16-12)7-15-5-4-13-6-10(15)3;;/h8-10,13H,4-7H2,1-3H3;2*1H/t10-;;/m1../s1. The number of hydrogen-bond donors (Lipinski definition) is 1. The number of nitrogens with one attached hydrogen (secondary N) is 1. The molecule has 2 heterocycles. The van der Waals surface area contributed by atoms with Crippen LogP contribution in [-0.4, -0.2) is 35.6 Å². The predicted molar refractivity (Wildman–Crippen MR) is 83.4 cm³/mol. The Morgan fingerprint density at radius 2 is 2.22 bits per heavy atom. The Morgan fingerprint density at radius 1 is 1.50 bits per heavy atom. The molecular weight excluding hydrogens is 289 g/mol. The minimum atomic E-state index is 0. The quantitative estimate of drug-likeness (QED) is 0.930. The average molecular weight is 312 g/mol. The average Bonchev–Trinajstić information content (AvgIpc) is 2.70. The first kappa shape index (κ1) is 18.1. The molecule has 0 unspecified atom stereocenters. The van der Waals surface area contributed by atoms with Gasteiger partial charge >= 0.3 is 0 Å². The fourth-order valence-corrected chi connectivity index (χ4v) is 2.81. The summed E-state index contributed by atoms with van der Waals surface area (Å²) >= 11 is 1.79. The lowest BCUT2D eigenvalue weighted by Gasteiger charge is -2.33. The summed E-state index contributed by atoms with van der Waals surface area (Å²) in [5.74, 6) is 0.555. The number of thiazole rings is 1. The van der Waals surface area contributed by atoms with Crippen molar-refractivity contribution in [3.05, 3.63) is 16.1 Å². The summed E-state index contributed by atoms with van der Waals surface area (Å²) in [6.07, 6.45) is 0. The van der Waals surface area contributed by atoms with E-state index >= 15 is 0 Å². The first-order valence-corrected chi connectivity index (χ1v) is 6.94. The molecule has 0 aliphatic carbocycles. The molecule has 0 spiro atoms. The second kappa shape index (κ2) is 8.33. The van der Waals surface area contributed by atoms with Gasteiger partial charge in [-0.3, -0.25) is 4.90 Å². The second-order valence-electron chi connectivity index (χ2n) is 4.86. The molecule has 1 fully saturated rings. The van der Waals surface area contributed by atoms with Crippen LogP contribution in [0.5, 0.6) is 0 Å². The Balaban J connectivity index is 0.00000144. The van der Waals surface area contributed by atoms with Crippen LogP contribution in [0.2, 0.25) is 0 Å². The topological polar surface area (TPSA) is 28.2 Å². The number of hydrogen-bond acceptors (Lipinski definition) is 4. The van der Waals surface area contributed by atoms with Crippen LogP contribution in [-0.2, 0) is 6.54 Å². The highest BCUT2D eigenvalue weighted by Gasteiger charge is 2.18. The lowest BCUT2D eigenvalue weighted by atomic mass is 10.2. The minimum Gasteiger partial charge on any atom is -0.314 e. The molecule has 1 atom stereocenters. The maximum atomic E-state index is 4.69. The Labute approximate surface area is 126 Å². The summed E-state index contributed by atoms with van der Waals surface area (Å²) in [4.78, 5) is 7.20. The third kappa shape index (κ3) is 4.67. The van der Waals surface area contributed by atoms with Crippen molar-refractivity contribution in [2.75, 3.05) is 19.6 Å². The van der Waals surface area contributed by atoms with Gasteiger partial charge in [0, 0.05) is 43.5 Å². The predicted octanol–water partition coefficient (Wildman–Crippen LogP) is 2.90. The van der Waals surface area contributed by atoms with E-state index in [9.17, 15) is 0 Å². The van der Waals surface area contributed by atoms with Crippen LogP contribution >= 0.6 is 36.2 Å². The van der Waals surface area contributed by atoms with E-state index in [1.807, 2.05) is 0 Å². The van der Waals surface area contributed by atoms with Crippen LogP contribution in [0.3, 0.4) is 0 Å². The molecule has 1 saturated heterocycles. The molecule has 1 N–H and O–H groups in total. The van der Waals surface area contributed by atoms with Gasteiger partial charge in [-0.15, -0.1) is 36.2 Å². The minimum absolute atomic E-state index is 0. The molecule has 3 nitrogen and oxygen atoms in total. The molecule has 6 heteroatoms. The van der Waals surface area contributed by atoms with Gasteiger partial charge in [0.1, 0.15) is 0 Å². The van der Waals surface area contributed by atoms with Crippen LogP contribution in [0.15, 0.2) is 5.38 Å². The highest BCUT2D eigenvalue weighted by Crippen LogP contribution is 2.20. The van der Waals surface area contributed by atoms with Crippen molar-refractivity contribution in [2.45, 2.75) is 39.3 Å². The lowest BCUT2D eigenvalue weighted by molar-refractivity contribution is 0.164. The molecule has 0 amide bonds. The maximum absolute atomic E-state index is 4.69. The van der Waals surface area contributed by atoms with E-state index in [4.69, 9.17) is 4.98 Å². The summed E-state index contributed by atoms with van der Waals surface area (Å²) < 4.78 is 0. The van der Waals surface area contributed by atoms with Gasteiger partial charge in [-0.05, 0) is 6.92 Å².